The minimum absolute atomic E-state index is 0.837. The average molecular weight is 239 g/mol. The molecule has 1 unspecified atom stereocenters. The lowest BCUT2D eigenvalue weighted by Crippen LogP contribution is -2.39. The molecule has 0 radical (unpaired) electrons. The normalized spacial score (nSPS) is 18.0. The largest absolute Gasteiger partial charge is 0.314 e. The second-order valence-electron chi connectivity index (χ2n) is 5.77. The number of unbranched alkanes of at least 4 members (excludes halogenated alkanes) is 6. The summed E-state index contributed by atoms with van der Waals surface area (Å²) >= 11 is 0. The van der Waals surface area contributed by atoms with Crippen molar-refractivity contribution in [2.24, 2.45) is 5.92 Å². The van der Waals surface area contributed by atoms with Crippen molar-refractivity contribution in [2.45, 2.75) is 90.5 Å². The van der Waals surface area contributed by atoms with E-state index < -0.39 is 0 Å². The Kier molecular flexibility index (Phi) is 8.78. The second-order valence-corrected chi connectivity index (χ2v) is 5.77. The minimum Gasteiger partial charge on any atom is -0.314 e. The van der Waals surface area contributed by atoms with Crippen LogP contribution in [0.25, 0.3) is 0 Å². The van der Waals surface area contributed by atoms with Gasteiger partial charge in [0.15, 0.2) is 0 Å². The van der Waals surface area contributed by atoms with Gasteiger partial charge >= 0.3 is 0 Å². The van der Waals surface area contributed by atoms with Crippen LogP contribution >= 0.6 is 0 Å². The number of nitrogens with one attached hydrogen (secondary N) is 1. The molecule has 1 aliphatic carbocycles. The molecule has 1 atom stereocenters. The predicted octanol–water partition coefficient (Wildman–Crippen LogP) is 4.91. The van der Waals surface area contributed by atoms with Crippen LogP contribution in [-0.2, 0) is 0 Å². The van der Waals surface area contributed by atoms with E-state index in [2.05, 4.69) is 19.2 Å². The third-order valence-corrected chi connectivity index (χ3v) is 4.30. The van der Waals surface area contributed by atoms with Crippen LogP contribution in [0, 0.1) is 5.92 Å². The van der Waals surface area contributed by atoms with Crippen molar-refractivity contribution in [3.63, 3.8) is 0 Å². The van der Waals surface area contributed by atoms with Crippen LogP contribution in [-0.4, -0.2) is 12.6 Å². The molecule has 1 nitrogen and oxygen atoms in total. The lowest BCUT2D eigenvalue weighted by Gasteiger charge is -2.34. The smallest absolute Gasteiger partial charge is 0.00952 e. The van der Waals surface area contributed by atoms with Crippen LogP contribution < -0.4 is 5.32 Å². The molecule has 0 spiro atoms. The summed E-state index contributed by atoms with van der Waals surface area (Å²) in [6.45, 7) is 5.69. The number of hydrogen-bond acceptors (Lipinski definition) is 1. The lowest BCUT2D eigenvalue weighted by atomic mass is 9.78. The number of rotatable bonds is 11. The highest BCUT2D eigenvalue weighted by molar-refractivity contribution is 4.82. The van der Waals surface area contributed by atoms with Gasteiger partial charge in [0.05, 0.1) is 0 Å². The van der Waals surface area contributed by atoms with Crippen molar-refractivity contribution >= 4 is 0 Å². The molecule has 17 heavy (non-hydrogen) atoms. The quantitative estimate of drug-likeness (QED) is 0.505. The molecule has 0 amide bonds. The first-order valence-electron chi connectivity index (χ1n) is 8.11. The fourth-order valence-corrected chi connectivity index (χ4v) is 2.93. The van der Waals surface area contributed by atoms with Crippen molar-refractivity contribution in [2.75, 3.05) is 6.54 Å². The Labute approximate surface area is 109 Å². The predicted molar refractivity (Wildman–Crippen MR) is 77.4 cm³/mol. The Morgan fingerprint density at radius 3 is 2.12 bits per heavy atom. The van der Waals surface area contributed by atoms with Gasteiger partial charge in [-0.05, 0) is 31.7 Å². The first kappa shape index (κ1) is 15.0. The second kappa shape index (κ2) is 9.94. The van der Waals surface area contributed by atoms with Gasteiger partial charge in [0, 0.05) is 6.04 Å². The van der Waals surface area contributed by atoms with Crippen LogP contribution in [0.2, 0.25) is 0 Å². The fraction of sp³-hybridized carbons (Fsp3) is 1.00. The topological polar surface area (TPSA) is 12.0 Å². The molecule has 1 heteroatoms. The zero-order chi connectivity index (χ0) is 12.3. The molecule has 0 aromatic rings. The van der Waals surface area contributed by atoms with E-state index in [1.165, 1.54) is 70.6 Å². The Balaban J connectivity index is 1.94. The standard InChI is InChI=1S/C16H33N/c1-3-5-6-7-8-9-10-14-16(17-4-2)15-12-11-13-15/h15-17H,3-14H2,1-2H3. The third-order valence-electron chi connectivity index (χ3n) is 4.30. The maximum absolute atomic E-state index is 3.70. The first-order valence-corrected chi connectivity index (χ1v) is 8.11. The molecule has 102 valence electrons. The Morgan fingerprint density at radius 2 is 1.59 bits per heavy atom. The zero-order valence-corrected chi connectivity index (χ0v) is 12.1. The zero-order valence-electron chi connectivity index (χ0n) is 12.1. The van der Waals surface area contributed by atoms with E-state index in [4.69, 9.17) is 0 Å². The SMILES string of the molecule is CCCCCCCCCC(NCC)C1CCC1. The minimum atomic E-state index is 0.837. The molecule has 1 fully saturated rings. The summed E-state index contributed by atoms with van der Waals surface area (Å²) in [6.07, 6.45) is 15.9. The van der Waals surface area contributed by atoms with E-state index in [9.17, 15) is 0 Å². The molecule has 0 heterocycles. The summed E-state index contributed by atoms with van der Waals surface area (Å²) in [5.74, 6) is 1.01. The maximum atomic E-state index is 3.70. The Morgan fingerprint density at radius 1 is 0.941 bits per heavy atom. The summed E-state index contributed by atoms with van der Waals surface area (Å²) in [7, 11) is 0. The summed E-state index contributed by atoms with van der Waals surface area (Å²) in [4.78, 5) is 0. The van der Waals surface area contributed by atoms with Crippen molar-refractivity contribution < 1.29 is 0 Å². The van der Waals surface area contributed by atoms with Crippen LogP contribution in [0.1, 0.15) is 84.5 Å². The monoisotopic (exact) mass is 239 g/mol. The summed E-state index contributed by atoms with van der Waals surface area (Å²) in [5.41, 5.74) is 0. The van der Waals surface area contributed by atoms with E-state index in [1.807, 2.05) is 0 Å². The molecule has 1 aliphatic rings. The number of hydrogen-bond donors (Lipinski definition) is 1. The van der Waals surface area contributed by atoms with Gasteiger partial charge in [0.25, 0.3) is 0 Å². The molecule has 1 saturated carbocycles. The van der Waals surface area contributed by atoms with Gasteiger partial charge in [-0.15, -0.1) is 0 Å². The summed E-state index contributed by atoms with van der Waals surface area (Å²) in [5, 5.41) is 3.70. The van der Waals surface area contributed by atoms with Crippen LogP contribution in [0.5, 0.6) is 0 Å². The van der Waals surface area contributed by atoms with E-state index >= 15 is 0 Å². The van der Waals surface area contributed by atoms with Gasteiger partial charge < -0.3 is 5.32 Å². The van der Waals surface area contributed by atoms with Crippen LogP contribution in [0.15, 0.2) is 0 Å². The highest BCUT2D eigenvalue weighted by atomic mass is 14.9. The van der Waals surface area contributed by atoms with E-state index in [1.54, 1.807) is 0 Å². The Bertz CT molecular complexity index is 163. The van der Waals surface area contributed by atoms with E-state index in [-0.39, 0.29) is 0 Å². The molecule has 0 aliphatic heterocycles. The molecule has 0 aromatic heterocycles. The Hall–Kier alpha value is -0.0400. The highest BCUT2D eigenvalue weighted by Crippen LogP contribution is 2.31. The lowest BCUT2D eigenvalue weighted by molar-refractivity contribution is 0.218. The van der Waals surface area contributed by atoms with Gasteiger partial charge in [-0.2, -0.15) is 0 Å². The van der Waals surface area contributed by atoms with Crippen LogP contribution in [0.4, 0.5) is 0 Å². The van der Waals surface area contributed by atoms with Crippen molar-refractivity contribution in [1.82, 2.24) is 5.32 Å². The molecule has 0 bridgehead atoms. The molecule has 1 rings (SSSR count). The third kappa shape index (κ3) is 6.45. The van der Waals surface area contributed by atoms with E-state index in [0.29, 0.717) is 0 Å². The van der Waals surface area contributed by atoms with Crippen molar-refractivity contribution in [1.29, 1.82) is 0 Å². The van der Waals surface area contributed by atoms with Gasteiger partial charge in [0.2, 0.25) is 0 Å². The fourth-order valence-electron chi connectivity index (χ4n) is 2.93. The van der Waals surface area contributed by atoms with Gasteiger partial charge in [-0.25, -0.2) is 0 Å². The van der Waals surface area contributed by atoms with Gasteiger partial charge in [-0.3, -0.25) is 0 Å². The molecule has 0 saturated heterocycles. The average Bonchev–Trinajstić information content (AvgIpc) is 2.25. The molecular formula is C16H33N. The van der Waals surface area contributed by atoms with Gasteiger partial charge in [0.1, 0.15) is 0 Å². The maximum Gasteiger partial charge on any atom is 0.00952 e. The first-order chi connectivity index (χ1) is 8.38. The summed E-state index contributed by atoms with van der Waals surface area (Å²) in [6, 6.07) is 0.837. The van der Waals surface area contributed by atoms with Crippen molar-refractivity contribution in [3.8, 4) is 0 Å². The van der Waals surface area contributed by atoms with Crippen LogP contribution in [0.3, 0.4) is 0 Å². The van der Waals surface area contributed by atoms with E-state index in [0.717, 1.165) is 18.5 Å². The molecule has 1 N–H and O–H groups in total. The van der Waals surface area contributed by atoms with Gasteiger partial charge in [-0.1, -0.05) is 65.2 Å². The summed E-state index contributed by atoms with van der Waals surface area (Å²) < 4.78 is 0. The molecule has 0 aromatic carbocycles. The van der Waals surface area contributed by atoms with Crippen molar-refractivity contribution in [3.05, 3.63) is 0 Å². The molecular weight excluding hydrogens is 206 g/mol. The highest BCUT2D eigenvalue weighted by Gasteiger charge is 2.25.